The average molecular weight is 354 g/mol. The van der Waals surface area contributed by atoms with Crippen LogP contribution < -0.4 is 0 Å². The number of aliphatic hydroxyl groups is 3. The number of carbonyl (C=O) groups is 1. The Labute approximate surface area is 151 Å². The number of unbranched alkanes of at least 4 members (excludes halogenated alkanes) is 3. The van der Waals surface area contributed by atoms with E-state index in [0.29, 0.717) is 25.7 Å². The van der Waals surface area contributed by atoms with Crippen LogP contribution >= 0.6 is 0 Å². The van der Waals surface area contributed by atoms with Crippen LogP contribution in [-0.2, 0) is 4.79 Å². The van der Waals surface area contributed by atoms with Gasteiger partial charge in [0.2, 0.25) is 0 Å². The number of aliphatic carboxylic acids is 1. The predicted molar refractivity (Wildman–Crippen MR) is 98.1 cm³/mol. The van der Waals surface area contributed by atoms with Crippen molar-refractivity contribution in [3.63, 3.8) is 0 Å². The molecule has 5 atom stereocenters. The van der Waals surface area contributed by atoms with Crippen molar-refractivity contribution >= 4 is 5.97 Å². The van der Waals surface area contributed by atoms with Crippen molar-refractivity contribution < 1.29 is 25.2 Å². The van der Waals surface area contributed by atoms with Gasteiger partial charge in [0.1, 0.15) is 0 Å². The van der Waals surface area contributed by atoms with Crippen LogP contribution in [0.4, 0.5) is 0 Å². The van der Waals surface area contributed by atoms with Gasteiger partial charge in [-0.2, -0.15) is 0 Å². The lowest BCUT2D eigenvalue weighted by Gasteiger charge is -2.19. The topological polar surface area (TPSA) is 98.0 Å². The van der Waals surface area contributed by atoms with Gasteiger partial charge >= 0.3 is 5.97 Å². The van der Waals surface area contributed by atoms with Gasteiger partial charge in [0.25, 0.3) is 0 Å². The molecule has 1 rings (SSSR count). The maximum absolute atomic E-state index is 10.5. The lowest BCUT2D eigenvalue weighted by Crippen LogP contribution is -2.20. The molecular weight excluding hydrogens is 320 g/mol. The predicted octanol–water partition coefficient (Wildman–Crippen LogP) is 3.04. The molecule has 0 amide bonds. The summed E-state index contributed by atoms with van der Waals surface area (Å²) in [5.41, 5.74) is 0. The summed E-state index contributed by atoms with van der Waals surface area (Å²) < 4.78 is 0. The second kappa shape index (κ2) is 12.2. The third kappa shape index (κ3) is 8.66. The number of carboxylic acid groups (broad SMARTS) is 1. The highest BCUT2D eigenvalue weighted by Gasteiger charge is 2.39. The molecule has 0 aromatic carbocycles. The largest absolute Gasteiger partial charge is 0.481 e. The second-order valence-electron chi connectivity index (χ2n) is 7.05. The number of hydrogen-bond donors (Lipinski definition) is 4. The minimum absolute atomic E-state index is 0.0418. The van der Waals surface area contributed by atoms with E-state index in [4.69, 9.17) is 5.11 Å². The van der Waals surface area contributed by atoms with Crippen molar-refractivity contribution in [2.45, 2.75) is 83.0 Å². The van der Waals surface area contributed by atoms with Gasteiger partial charge < -0.3 is 20.4 Å². The Morgan fingerprint density at radius 1 is 1.16 bits per heavy atom. The van der Waals surface area contributed by atoms with Gasteiger partial charge in [-0.3, -0.25) is 4.79 Å². The van der Waals surface area contributed by atoms with Gasteiger partial charge in [-0.05, 0) is 38.0 Å². The number of carboxylic acids is 1. The normalized spacial score (nSPS) is 28.2. The third-order valence-electron chi connectivity index (χ3n) is 4.91. The van der Waals surface area contributed by atoms with E-state index < -0.39 is 24.3 Å². The lowest BCUT2D eigenvalue weighted by molar-refractivity contribution is -0.137. The molecule has 1 aliphatic carbocycles. The first-order valence-corrected chi connectivity index (χ1v) is 9.55. The van der Waals surface area contributed by atoms with Crippen molar-refractivity contribution in [3.05, 3.63) is 24.3 Å². The Morgan fingerprint density at radius 2 is 1.92 bits per heavy atom. The quantitative estimate of drug-likeness (QED) is 0.319. The molecule has 5 nitrogen and oxygen atoms in total. The summed E-state index contributed by atoms with van der Waals surface area (Å²) in [6.07, 6.45) is 12.4. The minimum Gasteiger partial charge on any atom is -0.481 e. The maximum Gasteiger partial charge on any atom is 0.303 e. The molecule has 0 radical (unpaired) electrons. The van der Waals surface area contributed by atoms with Crippen LogP contribution in [0.25, 0.3) is 0 Å². The summed E-state index contributed by atoms with van der Waals surface area (Å²) in [6.45, 7) is 2.17. The van der Waals surface area contributed by atoms with E-state index in [1.165, 1.54) is 19.3 Å². The highest BCUT2D eigenvalue weighted by atomic mass is 16.4. The highest BCUT2D eigenvalue weighted by Crippen LogP contribution is 2.36. The Hall–Kier alpha value is -1.17. The summed E-state index contributed by atoms with van der Waals surface area (Å²) in [4.78, 5) is 10.5. The van der Waals surface area contributed by atoms with E-state index >= 15 is 0 Å². The molecule has 144 valence electrons. The monoisotopic (exact) mass is 354 g/mol. The van der Waals surface area contributed by atoms with Crippen LogP contribution in [0.3, 0.4) is 0 Å². The fourth-order valence-electron chi connectivity index (χ4n) is 3.41. The molecule has 0 bridgehead atoms. The smallest absolute Gasteiger partial charge is 0.303 e. The summed E-state index contributed by atoms with van der Waals surface area (Å²) in [7, 11) is 0. The molecule has 0 aliphatic heterocycles. The Morgan fingerprint density at radius 3 is 2.60 bits per heavy atom. The lowest BCUT2D eigenvalue weighted by atomic mass is 9.89. The van der Waals surface area contributed by atoms with Crippen molar-refractivity contribution in [2.24, 2.45) is 11.8 Å². The van der Waals surface area contributed by atoms with Crippen LogP contribution in [0, 0.1) is 11.8 Å². The van der Waals surface area contributed by atoms with Gasteiger partial charge in [-0.15, -0.1) is 0 Å². The molecule has 1 saturated carbocycles. The standard InChI is InChI=1S/C20H34O5/c1-2-3-4-5-6-7-10-16-17(19(23)14-18(16)22)13-12-15(21)9-8-11-20(24)25/h6-7,12-13,15-19,21-23H,2-5,8-11,14H2,1H3,(H,24,25)/b7-6-,13-12+/t15-,16+,17+,18+,19-/m0/s1. The number of aliphatic hydroxyl groups excluding tert-OH is 3. The van der Waals surface area contributed by atoms with E-state index in [1.54, 1.807) is 12.2 Å². The van der Waals surface area contributed by atoms with Gasteiger partial charge in [0.15, 0.2) is 0 Å². The molecule has 0 aromatic rings. The SMILES string of the molecule is CCCCC/C=C\C[C@@H]1[C@@H](/C=C/[C@@H](O)CCCC(=O)O)[C@@H](O)C[C@H]1O. The summed E-state index contributed by atoms with van der Waals surface area (Å²) in [6, 6.07) is 0. The molecule has 1 aliphatic rings. The Bertz CT molecular complexity index is 432. The van der Waals surface area contributed by atoms with Crippen LogP contribution in [0.15, 0.2) is 24.3 Å². The summed E-state index contributed by atoms with van der Waals surface area (Å²) >= 11 is 0. The van der Waals surface area contributed by atoms with E-state index in [9.17, 15) is 20.1 Å². The van der Waals surface area contributed by atoms with E-state index in [2.05, 4.69) is 19.1 Å². The number of rotatable bonds is 12. The number of hydrogen-bond acceptors (Lipinski definition) is 4. The molecule has 0 spiro atoms. The molecule has 0 saturated heterocycles. The second-order valence-corrected chi connectivity index (χ2v) is 7.05. The average Bonchev–Trinajstić information content (AvgIpc) is 2.81. The van der Waals surface area contributed by atoms with Crippen LogP contribution in [-0.4, -0.2) is 44.7 Å². The van der Waals surface area contributed by atoms with Crippen LogP contribution in [0.1, 0.15) is 64.7 Å². The van der Waals surface area contributed by atoms with E-state index in [1.807, 2.05) is 0 Å². The minimum atomic E-state index is -0.865. The van der Waals surface area contributed by atoms with Gasteiger partial charge in [-0.25, -0.2) is 0 Å². The zero-order chi connectivity index (χ0) is 18.7. The molecule has 1 fully saturated rings. The molecule has 0 aromatic heterocycles. The first-order chi connectivity index (χ1) is 12.0. The molecular formula is C20H34O5. The van der Waals surface area contributed by atoms with Crippen molar-refractivity contribution in [1.29, 1.82) is 0 Å². The first-order valence-electron chi connectivity index (χ1n) is 9.55. The summed E-state index contributed by atoms with van der Waals surface area (Å²) in [5, 5.41) is 38.9. The van der Waals surface area contributed by atoms with Crippen molar-refractivity contribution in [2.75, 3.05) is 0 Å². The molecule has 0 heterocycles. The van der Waals surface area contributed by atoms with Gasteiger partial charge in [0, 0.05) is 18.8 Å². The summed E-state index contributed by atoms with van der Waals surface area (Å²) in [5.74, 6) is -1.08. The number of allylic oxidation sites excluding steroid dienone is 2. The molecule has 5 heteroatoms. The van der Waals surface area contributed by atoms with E-state index in [-0.39, 0.29) is 18.3 Å². The van der Waals surface area contributed by atoms with E-state index in [0.717, 1.165) is 6.42 Å². The Balaban J connectivity index is 2.47. The third-order valence-corrected chi connectivity index (χ3v) is 4.91. The molecule has 0 unspecified atom stereocenters. The van der Waals surface area contributed by atoms with Gasteiger partial charge in [-0.1, -0.05) is 44.1 Å². The molecule has 25 heavy (non-hydrogen) atoms. The van der Waals surface area contributed by atoms with Crippen LogP contribution in [0.5, 0.6) is 0 Å². The van der Waals surface area contributed by atoms with Crippen LogP contribution in [0.2, 0.25) is 0 Å². The fraction of sp³-hybridized carbons (Fsp3) is 0.750. The fourth-order valence-corrected chi connectivity index (χ4v) is 3.41. The highest BCUT2D eigenvalue weighted by molar-refractivity contribution is 5.66. The first kappa shape index (κ1) is 21.9. The van der Waals surface area contributed by atoms with Crippen molar-refractivity contribution in [1.82, 2.24) is 0 Å². The maximum atomic E-state index is 10.5. The Kier molecular flexibility index (Phi) is 10.7. The molecule has 4 N–H and O–H groups in total. The van der Waals surface area contributed by atoms with Crippen molar-refractivity contribution in [3.8, 4) is 0 Å². The zero-order valence-electron chi connectivity index (χ0n) is 15.3. The van der Waals surface area contributed by atoms with Gasteiger partial charge in [0.05, 0.1) is 18.3 Å². The zero-order valence-corrected chi connectivity index (χ0v) is 15.3.